The third-order valence-electron chi connectivity index (χ3n) is 2.51. The zero-order valence-electron chi connectivity index (χ0n) is 8.04. The predicted octanol–water partition coefficient (Wildman–Crippen LogP) is 0.647. The van der Waals surface area contributed by atoms with Crippen molar-refractivity contribution in [2.24, 2.45) is 0 Å². The summed E-state index contributed by atoms with van der Waals surface area (Å²) in [6, 6.07) is 6.67. The van der Waals surface area contributed by atoms with Crippen molar-refractivity contribution < 1.29 is 9.59 Å². The Hall–Kier alpha value is -2.43. The summed E-state index contributed by atoms with van der Waals surface area (Å²) < 4.78 is 0. The number of fused-ring (bicyclic) bond motifs is 2. The van der Waals surface area contributed by atoms with Gasteiger partial charge in [0, 0.05) is 11.1 Å². The number of rotatable bonds is 0. The Morgan fingerprint density at radius 3 is 2.31 bits per heavy atom. The Morgan fingerprint density at radius 2 is 1.56 bits per heavy atom. The second-order valence-electron chi connectivity index (χ2n) is 3.40. The molecule has 5 heteroatoms. The summed E-state index contributed by atoms with van der Waals surface area (Å²) in [5, 5.41) is 10.5. The van der Waals surface area contributed by atoms with Gasteiger partial charge in [0.15, 0.2) is 5.78 Å². The van der Waals surface area contributed by atoms with Crippen molar-refractivity contribution >= 4 is 11.6 Å². The highest BCUT2D eigenvalue weighted by Crippen LogP contribution is 2.24. The van der Waals surface area contributed by atoms with Gasteiger partial charge in [0.25, 0.3) is 0 Å². The van der Waals surface area contributed by atoms with E-state index in [4.69, 9.17) is 0 Å². The van der Waals surface area contributed by atoms with Gasteiger partial charge >= 0.3 is 0 Å². The average Bonchev–Trinajstić information content (AvgIpc) is 2.36. The Labute approximate surface area is 90.1 Å². The van der Waals surface area contributed by atoms with Crippen molar-refractivity contribution in [1.82, 2.24) is 15.4 Å². The first-order valence-electron chi connectivity index (χ1n) is 4.66. The third-order valence-corrected chi connectivity index (χ3v) is 2.51. The van der Waals surface area contributed by atoms with Gasteiger partial charge in [0.2, 0.25) is 5.78 Å². The van der Waals surface area contributed by atoms with Crippen LogP contribution in [-0.2, 0) is 0 Å². The molecule has 1 aromatic carbocycles. The number of carbonyl (C=O) groups excluding carboxylic acids is 2. The molecule has 0 saturated heterocycles. The van der Waals surface area contributed by atoms with Gasteiger partial charge in [0.1, 0.15) is 5.69 Å². The van der Waals surface area contributed by atoms with Crippen molar-refractivity contribution in [3.63, 3.8) is 0 Å². The Bertz CT molecular complexity index is 517. The van der Waals surface area contributed by atoms with Crippen molar-refractivity contribution in [2.75, 3.05) is 0 Å². The van der Waals surface area contributed by atoms with Crippen LogP contribution in [0.5, 0.6) is 0 Å². The van der Waals surface area contributed by atoms with Gasteiger partial charge in [-0.05, 0) is 5.21 Å². The van der Waals surface area contributed by atoms with E-state index in [2.05, 4.69) is 15.4 Å². The molecule has 16 heavy (non-hydrogen) atoms. The zero-order valence-corrected chi connectivity index (χ0v) is 8.04. The van der Waals surface area contributed by atoms with Crippen molar-refractivity contribution in [3.8, 4) is 0 Å². The average molecular weight is 211 g/mol. The lowest BCUT2D eigenvalue weighted by Crippen LogP contribution is -2.23. The lowest BCUT2D eigenvalue weighted by Gasteiger charge is -2.14. The molecule has 0 atom stereocenters. The number of nitrogens with zero attached hydrogens (tertiary/aromatic N) is 3. The van der Waals surface area contributed by atoms with Crippen molar-refractivity contribution in [2.45, 2.75) is 0 Å². The van der Waals surface area contributed by atoms with Crippen LogP contribution in [0.25, 0.3) is 0 Å². The number of hydrogen-bond acceptors (Lipinski definition) is 5. The second kappa shape index (κ2) is 3.03. The smallest absolute Gasteiger partial charge is 0.214 e. The summed E-state index contributed by atoms with van der Waals surface area (Å²) in [5.41, 5.74) is 1.08. The molecule has 5 nitrogen and oxygen atoms in total. The molecule has 3 rings (SSSR count). The topological polar surface area (TPSA) is 72.8 Å². The molecule has 1 aliphatic carbocycles. The maximum absolute atomic E-state index is 12.0. The summed E-state index contributed by atoms with van der Waals surface area (Å²) >= 11 is 0. The number of benzene rings is 1. The zero-order chi connectivity index (χ0) is 11.1. The fourth-order valence-corrected chi connectivity index (χ4v) is 1.75. The third kappa shape index (κ3) is 1.02. The largest absolute Gasteiger partial charge is 0.288 e. The van der Waals surface area contributed by atoms with E-state index in [1.807, 2.05) is 0 Å². The van der Waals surface area contributed by atoms with Crippen LogP contribution >= 0.6 is 0 Å². The first-order chi connectivity index (χ1) is 7.79. The summed E-state index contributed by atoms with van der Waals surface area (Å²) in [7, 11) is 0. The standard InChI is InChI=1S/C11H5N3O2/c15-10-6-3-1-2-4-7(6)11(16)9-8(10)5-12-14-13-9/h1-5H. The van der Waals surface area contributed by atoms with Crippen molar-refractivity contribution in [3.05, 3.63) is 52.8 Å². The van der Waals surface area contributed by atoms with E-state index >= 15 is 0 Å². The lowest BCUT2D eigenvalue weighted by molar-refractivity contribution is 0.0973. The maximum atomic E-state index is 12.0. The van der Waals surface area contributed by atoms with E-state index < -0.39 is 0 Å². The van der Waals surface area contributed by atoms with Crippen LogP contribution in [0.2, 0.25) is 0 Å². The summed E-state index contributed by atoms with van der Waals surface area (Å²) in [4.78, 5) is 24.0. The van der Waals surface area contributed by atoms with Gasteiger partial charge in [-0.25, -0.2) is 0 Å². The minimum absolute atomic E-state index is 0.0821. The SMILES string of the molecule is O=C1c2ccccc2C(=O)c2nnncc21. The van der Waals surface area contributed by atoms with Crippen LogP contribution in [0.15, 0.2) is 30.5 Å². The van der Waals surface area contributed by atoms with Gasteiger partial charge in [-0.15, -0.1) is 10.2 Å². The predicted molar refractivity (Wildman–Crippen MR) is 53.1 cm³/mol. The van der Waals surface area contributed by atoms with Gasteiger partial charge < -0.3 is 0 Å². The number of aromatic nitrogens is 3. The van der Waals surface area contributed by atoms with Gasteiger partial charge in [-0.1, -0.05) is 24.3 Å². The van der Waals surface area contributed by atoms with E-state index in [1.165, 1.54) is 6.20 Å². The minimum atomic E-state index is -0.278. The van der Waals surface area contributed by atoms with E-state index in [0.717, 1.165) is 0 Å². The van der Waals surface area contributed by atoms with E-state index in [0.29, 0.717) is 11.1 Å². The second-order valence-corrected chi connectivity index (χ2v) is 3.40. The molecule has 1 heterocycles. The van der Waals surface area contributed by atoms with Gasteiger partial charge in [-0.3, -0.25) is 9.59 Å². The Balaban J connectivity index is 2.35. The van der Waals surface area contributed by atoms with E-state index in [-0.39, 0.29) is 22.8 Å². The quantitative estimate of drug-likeness (QED) is 0.545. The molecule has 0 N–H and O–H groups in total. The van der Waals surface area contributed by atoms with Crippen LogP contribution in [0.1, 0.15) is 32.0 Å². The fraction of sp³-hybridized carbons (Fsp3) is 0. The fourth-order valence-electron chi connectivity index (χ4n) is 1.75. The molecule has 0 aliphatic heterocycles. The molecule has 0 radical (unpaired) electrons. The molecule has 0 saturated carbocycles. The monoisotopic (exact) mass is 211 g/mol. The first kappa shape index (κ1) is 8.84. The Kier molecular flexibility index (Phi) is 1.67. The van der Waals surface area contributed by atoms with Gasteiger partial charge in [0.05, 0.1) is 11.8 Å². The minimum Gasteiger partial charge on any atom is -0.288 e. The highest BCUT2D eigenvalue weighted by atomic mass is 16.1. The number of carbonyl (C=O) groups is 2. The highest BCUT2D eigenvalue weighted by molar-refractivity contribution is 6.27. The van der Waals surface area contributed by atoms with Crippen LogP contribution < -0.4 is 0 Å². The molecule has 1 aromatic heterocycles. The molecule has 0 spiro atoms. The molecule has 0 bridgehead atoms. The van der Waals surface area contributed by atoms with E-state index in [1.54, 1.807) is 24.3 Å². The van der Waals surface area contributed by atoms with Gasteiger partial charge in [-0.2, -0.15) is 0 Å². The highest BCUT2D eigenvalue weighted by Gasteiger charge is 2.30. The van der Waals surface area contributed by atoms with Crippen LogP contribution in [0.4, 0.5) is 0 Å². The molecule has 0 amide bonds. The Morgan fingerprint density at radius 1 is 0.875 bits per heavy atom. The molecular formula is C11H5N3O2. The molecule has 0 unspecified atom stereocenters. The molecule has 2 aromatic rings. The van der Waals surface area contributed by atoms with Crippen LogP contribution in [0.3, 0.4) is 0 Å². The number of ketones is 2. The normalized spacial score (nSPS) is 13.2. The molecule has 76 valence electrons. The summed E-state index contributed by atoms with van der Waals surface area (Å²) in [6.45, 7) is 0. The first-order valence-corrected chi connectivity index (χ1v) is 4.66. The summed E-state index contributed by atoms with van der Waals surface area (Å²) in [6.07, 6.45) is 1.28. The van der Waals surface area contributed by atoms with Crippen molar-refractivity contribution in [1.29, 1.82) is 0 Å². The number of hydrogen-bond donors (Lipinski definition) is 0. The lowest BCUT2D eigenvalue weighted by atomic mass is 9.88. The van der Waals surface area contributed by atoms with Crippen LogP contribution in [0, 0.1) is 0 Å². The van der Waals surface area contributed by atoms with Crippen LogP contribution in [-0.4, -0.2) is 27.0 Å². The van der Waals surface area contributed by atoms with E-state index in [9.17, 15) is 9.59 Å². The molecular weight excluding hydrogens is 206 g/mol. The maximum Gasteiger partial charge on any atom is 0.214 e. The molecule has 0 fully saturated rings. The summed E-state index contributed by atoms with van der Waals surface area (Å²) in [5.74, 6) is -0.507. The molecule has 1 aliphatic rings.